The third kappa shape index (κ3) is 7.66. The minimum absolute atomic E-state index is 0.0397. The Balaban J connectivity index is 0.997. The molecule has 7 heteroatoms. The molecular formula is C63H51N7. The first kappa shape index (κ1) is 42.7. The minimum Gasteiger partial charge on any atom is -0.321 e. The van der Waals surface area contributed by atoms with Crippen LogP contribution < -0.4 is 9.80 Å². The number of nitrogens with zero attached hydrogens (tertiary/aromatic N) is 7. The topological polar surface area (TPSA) is 63.0 Å². The van der Waals surface area contributed by atoms with Crippen LogP contribution in [0.3, 0.4) is 0 Å². The predicted octanol–water partition coefficient (Wildman–Crippen LogP) is 15.9. The summed E-state index contributed by atoms with van der Waals surface area (Å²) >= 11 is 0. The van der Waals surface area contributed by atoms with Crippen LogP contribution in [0.25, 0.3) is 84.0 Å². The quantitative estimate of drug-likeness (QED) is 0.151. The van der Waals surface area contributed by atoms with Gasteiger partial charge in [-0.1, -0.05) is 171 Å². The second-order valence-electron chi connectivity index (χ2n) is 19.4. The molecule has 3 aromatic heterocycles. The Hall–Kier alpha value is -8.68. The normalized spacial score (nSPS) is 12.5. The smallest absolute Gasteiger partial charge is 0.164 e. The van der Waals surface area contributed by atoms with Crippen LogP contribution in [0.5, 0.6) is 0 Å². The Morgan fingerprint density at radius 2 is 0.986 bits per heavy atom. The average Bonchev–Trinajstić information content (AvgIpc) is 3.94. The van der Waals surface area contributed by atoms with Gasteiger partial charge >= 0.3 is 0 Å². The number of hydrogen-bond donors (Lipinski definition) is 0. The summed E-state index contributed by atoms with van der Waals surface area (Å²) in [6.45, 7) is 11.6. The lowest BCUT2D eigenvalue weighted by molar-refractivity contribution is 0.588. The molecule has 1 aliphatic heterocycles. The molecule has 11 aromatic rings. The van der Waals surface area contributed by atoms with Crippen molar-refractivity contribution in [2.45, 2.75) is 40.0 Å². The molecule has 0 aliphatic carbocycles. The molecule has 0 radical (unpaired) electrons. The first-order valence-electron chi connectivity index (χ1n) is 24.0. The monoisotopic (exact) mass is 905 g/mol. The van der Waals surface area contributed by atoms with E-state index in [9.17, 15) is 0 Å². The number of rotatable bonds is 8. The van der Waals surface area contributed by atoms with E-state index in [-0.39, 0.29) is 5.41 Å². The summed E-state index contributed by atoms with van der Waals surface area (Å²) in [5, 5.41) is 2.30. The Labute approximate surface area is 409 Å². The molecule has 338 valence electrons. The Kier molecular flexibility index (Phi) is 10.4. The second kappa shape index (κ2) is 17.1. The molecule has 0 unspecified atom stereocenters. The van der Waals surface area contributed by atoms with Gasteiger partial charge in [0.25, 0.3) is 0 Å². The van der Waals surface area contributed by atoms with E-state index < -0.39 is 0 Å². The van der Waals surface area contributed by atoms with Crippen molar-refractivity contribution in [1.82, 2.24) is 24.5 Å². The van der Waals surface area contributed by atoms with Crippen LogP contribution in [0.15, 0.2) is 206 Å². The van der Waals surface area contributed by atoms with Gasteiger partial charge in [0.15, 0.2) is 17.5 Å². The van der Waals surface area contributed by atoms with E-state index in [1.54, 1.807) is 0 Å². The second-order valence-corrected chi connectivity index (χ2v) is 19.4. The molecule has 4 heterocycles. The SMILES string of the molecule is Cc1cc(C)cc(-c2nc(-c3cccc(N4CN(c5c(-c6ccccc6)cccc5-c5ccccc5)c5ccccc54)c3)nc(-c3ccc4c5ccccc5n(-c5cc(C(C)(C)C)ccn5)c4c3)n2)c1. The first-order chi connectivity index (χ1) is 34.1. The summed E-state index contributed by atoms with van der Waals surface area (Å²) in [6, 6.07) is 71.4. The standard InChI is InChI=1S/C63H51N7/c1-41-34-42(2)36-47(35-41)62-66-60(65-61(67-62)46-30-31-53-52-24-12-13-27-54(52)70(57(53)38-46)58-39-48(32-33-64-58)63(3,4)5)45-22-16-23-49(37-45)68-40-69(56-29-15-14-28-55(56)68)59-50(43-18-8-6-9-19-43)25-17-26-51(59)44-20-10-7-11-21-44/h6-39H,40H2,1-5H3. The van der Waals surface area contributed by atoms with Crippen molar-refractivity contribution < 1.29 is 0 Å². The van der Waals surface area contributed by atoms with Gasteiger partial charge in [0.05, 0.1) is 28.1 Å². The van der Waals surface area contributed by atoms with Crippen molar-refractivity contribution >= 4 is 44.6 Å². The van der Waals surface area contributed by atoms with Crippen LogP contribution >= 0.6 is 0 Å². The fraction of sp³-hybridized carbons (Fsp3) is 0.111. The molecule has 70 heavy (non-hydrogen) atoms. The molecule has 0 bridgehead atoms. The molecule has 1 aliphatic rings. The maximum absolute atomic E-state index is 5.34. The van der Waals surface area contributed by atoms with Gasteiger partial charge in [0.2, 0.25) is 0 Å². The first-order valence-corrected chi connectivity index (χ1v) is 24.0. The molecule has 0 saturated carbocycles. The van der Waals surface area contributed by atoms with E-state index in [2.05, 4.69) is 249 Å². The zero-order chi connectivity index (χ0) is 47.5. The third-order valence-electron chi connectivity index (χ3n) is 13.5. The van der Waals surface area contributed by atoms with Gasteiger partial charge in [0.1, 0.15) is 12.5 Å². The average molecular weight is 906 g/mol. The molecule has 7 nitrogen and oxygen atoms in total. The number of anilines is 4. The highest BCUT2D eigenvalue weighted by molar-refractivity contribution is 6.10. The molecule has 0 saturated heterocycles. The van der Waals surface area contributed by atoms with Crippen molar-refractivity contribution in [3.63, 3.8) is 0 Å². The highest BCUT2D eigenvalue weighted by atomic mass is 15.4. The Bertz CT molecular complexity index is 3700. The number of hydrogen-bond acceptors (Lipinski definition) is 6. The maximum Gasteiger partial charge on any atom is 0.164 e. The fourth-order valence-electron chi connectivity index (χ4n) is 10.2. The molecular weight excluding hydrogens is 855 g/mol. The van der Waals surface area contributed by atoms with Crippen molar-refractivity contribution in [3.8, 4) is 62.2 Å². The summed E-state index contributed by atoms with van der Waals surface area (Å²) in [7, 11) is 0. The zero-order valence-electron chi connectivity index (χ0n) is 40.0. The zero-order valence-corrected chi connectivity index (χ0v) is 40.0. The van der Waals surface area contributed by atoms with Gasteiger partial charge in [-0.25, -0.2) is 19.9 Å². The lowest BCUT2D eigenvalue weighted by atomic mass is 9.88. The van der Waals surface area contributed by atoms with E-state index >= 15 is 0 Å². The van der Waals surface area contributed by atoms with E-state index in [1.165, 1.54) is 33.5 Å². The van der Waals surface area contributed by atoms with Crippen LogP contribution in [0.1, 0.15) is 37.5 Å². The van der Waals surface area contributed by atoms with Crippen LogP contribution in [0, 0.1) is 13.8 Å². The van der Waals surface area contributed by atoms with E-state index in [4.69, 9.17) is 19.9 Å². The number of aromatic nitrogens is 5. The van der Waals surface area contributed by atoms with E-state index in [0.29, 0.717) is 24.1 Å². The molecule has 12 rings (SSSR count). The van der Waals surface area contributed by atoms with Crippen LogP contribution in [-0.2, 0) is 5.41 Å². The maximum atomic E-state index is 5.34. The van der Waals surface area contributed by atoms with Gasteiger partial charge in [-0.3, -0.25) is 4.57 Å². The van der Waals surface area contributed by atoms with Crippen molar-refractivity contribution in [2.24, 2.45) is 0 Å². The lowest BCUT2D eigenvalue weighted by Gasteiger charge is -2.27. The van der Waals surface area contributed by atoms with Crippen LogP contribution in [0.2, 0.25) is 0 Å². The highest BCUT2D eigenvalue weighted by Crippen LogP contribution is 2.50. The summed E-state index contributed by atoms with van der Waals surface area (Å²) in [5.41, 5.74) is 17.5. The Morgan fingerprint density at radius 3 is 1.66 bits per heavy atom. The van der Waals surface area contributed by atoms with Crippen molar-refractivity contribution in [1.29, 1.82) is 0 Å². The van der Waals surface area contributed by atoms with Crippen LogP contribution in [-0.4, -0.2) is 31.2 Å². The number of para-hydroxylation sites is 4. The molecule has 0 N–H and O–H groups in total. The van der Waals surface area contributed by atoms with E-state index in [0.717, 1.165) is 72.5 Å². The van der Waals surface area contributed by atoms with Gasteiger partial charge < -0.3 is 9.80 Å². The summed E-state index contributed by atoms with van der Waals surface area (Å²) in [6.07, 6.45) is 1.92. The van der Waals surface area contributed by atoms with Gasteiger partial charge in [-0.05, 0) is 96.6 Å². The van der Waals surface area contributed by atoms with Gasteiger partial charge in [0, 0.05) is 50.5 Å². The third-order valence-corrected chi connectivity index (χ3v) is 13.5. The summed E-state index contributed by atoms with van der Waals surface area (Å²) in [5.74, 6) is 2.71. The number of fused-ring (bicyclic) bond motifs is 4. The Morgan fingerprint density at radius 1 is 0.429 bits per heavy atom. The fourth-order valence-corrected chi connectivity index (χ4v) is 10.2. The predicted molar refractivity (Wildman–Crippen MR) is 289 cm³/mol. The van der Waals surface area contributed by atoms with Gasteiger partial charge in [-0.15, -0.1) is 0 Å². The largest absolute Gasteiger partial charge is 0.321 e. The number of pyridine rings is 1. The number of aryl methyl sites for hydroxylation is 2. The summed E-state index contributed by atoms with van der Waals surface area (Å²) in [4.78, 5) is 25.7. The molecule has 0 amide bonds. The minimum atomic E-state index is -0.0397. The van der Waals surface area contributed by atoms with Crippen molar-refractivity contribution in [2.75, 3.05) is 16.5 Å². The lowest BCUT2D eigenvalue weighted by Crippen LogP contribution is -2.25. The molecule has 8 aromatic carbocycles. The molecule has 0 atom stereocenters. The number of benzene rings is 8. The molecule has 0 spiro atoms. The van der Waals surface area contributed by atoms with Gasteiger partial charge in [-0.2, -0.15) is 0 Å². The van der Waals surface area contributed by atoms with E-state index in [1.807, 2.05) is 6.20 Å². The summed E-state index contributed by atoms with van der Waals surface area (Å²) < 4.78 is 2.28. The highest BCUT2D eigenvalue weighted by Gasteiger charge is 2.31. The van der Waals surface area contributed by atoms with Crippen LogP contribution in [0.4, 0.5) is 22.7 Å². The van der Waals surface area contributed by atoms with Crippen molar-refractivity contribution in [3.05, 3.63) is 223 Å². The molecule has 0 fully saturated rings.